The molecule has 0 heterocycles. The summed E-state index contributed by atoms with van der Waals surface area (Å²) < 4.78 is 0. The Balaban J connectivity index is 1.98. The fourth-order valence-electron chi connectivity index (χ4n) is 2.18. The smallest absolute Gasteiger partial charge is 0.0236 e. The van der Waals surface area contributed by atoms with Crippen LogP contribution in [0.3, 0.4) is 0 Å². The summed E-state index contributed by atoms with van der Waals surface area (Å²) in [6, 6.07) is 11.4. The number of hydrogen-bond acceptors (Lipinski definition) is 1. The van der Waals surface area contributed by atoms with Crippen molar-refractivity contribution in [3.8, 4) is 0 Å². The van der Waals surface area contributed by atoms with Gasteiger partial charge in [-0.05, 0) is 37.7 Å². The summed E-state index contributed by atoms with van der Waals surface area (Å²) in [5.41, 5.74) is 1.99. The van der Waals surface area contributed by atoms with E-state index in [1.54, 1.807) is 0 Å². The predicted molar refractivity (Wildman–Crippen MR) is 77.4 cm³/mol. The van der Waals surface area contributed by atoms with Gasteiger partial charge in [-0.1, -0.05) is 46.3 Å². The van der Waals surface area contributed by atoms with Crippen LogP contribution in [-0.4, -0.2) is 22.8 Å². The molecule has 2 heteroatoms. The Morgan fingerprint density at radius 3 is 2.35 bits per heavy atom. The molecule has 1 aromatic carbocycles. The zero-order valence-corrected chi connectivity index (χ0v) is 12.4. The van der Waals surface area contributed by atoms with Gasteiger partial charge in [0.2, 0.25) is 0 Å². The van der Waals surface area contributed by atoms with Gasteiger partial charge in [0.15, 0.2) is 0 Å². The first-order valence-corrected chi connectivity index (χ1v) is 7.61. The first-order valence-electron chi connectivity index (χ1n) is 6.49. The summed E-state index contributed by atoms with van der Waals surface area (Å²) in [4.78, 5) is 2.60. The van der Waals surface area contributed by atoms with Gasteiger partial charge in [0.1, 0.15) is 0 Å². The van der Waals surface area contributed by atoms with Crippen LogP contribution >= 0.6 is 15.9 Å². The van der Waals surface area contributed by atoms with Crippen LogP contribution in [0.4, 0.5) is 0 Å². The molecule has 1 aliphatic carbocycles. The highest BCUT2D eigenvalue weighted by Gasteiger charge is 2.42. The summed E-state index contributed by atoms with van der Waals surface area (Å²) in [6.07, 6.45) is 2.77. The van der Waals surface area contributed by atoms with Crippen molar-refractivity contribution in [2.45, 2.75) is 39.3 Å². The molecular weight excluding hydrogens is 274 g/mol. The summed E-state index contributed by atoms with van der Waals surface area (Å²) in [5.74, 6) is 0. The highest BCUT2D eigenvalue weighted by molar-refractivity contribution is 9.09. The molecule has 1 saturated carbocycles. The zero-order chi connectivity index (χ0) is 12.3. The molecule has 0 unspecified atom stereocenters. The highest BCUT2D eigenvalue weighted by atomic mass is 79.9. The quantitative estimate of drug-likeness (QED) is 0.715. The highest BCUT2D eigenvalue weighted by Crippen LogP contribution is 2.48. The maximum absolute atomic E-state index is 3.67. The lowest BCUT2D eigenvalue weighted by Gasteiger charge is -2.30. The van der Waals surface area contributed by atoms with Crippen molar-refractivity contribution in [1.29, 1.82) is 0 Å². The zero-order valence-electron chi connectivity index (χ0n) is 10.8. The lowest BCUT2D eigenvalue weighted by molar-refractivity contribution is 0.178. The minimum absolute atomic E-state index is 0.569. The van der Waals surface area contributed by atoms with Crippen molar-refractivity contribution in [3.63, 3.8) is 0 Å². The van der Waals surface area contributed by atoms with Gasteiger partial charge < -0.3 is 0 Å². The Labute approximate surface area is 113 Å². The molecule has 0 N–H and O–H groups in total. The van der Waals surface area contributed by atoms with E-state index in [-0.39, 0.29) is 0 Å². The summed E-state index contributed by atoms with van der Waals surface area (Å²) >= 11 is 3.67. The number of hydrogen-bond donors (Lipinski definition) is 0. The van der Waals surface area contributed by atoms with Gasteiger partial charge in [0.05, 0.1) is 0 Å². The average Bonchev–Trinajstić information content (AvgIpc) is 3.10. The Morgan fingerprint density at radius 1 is 1.24 bits per heavy atom. The van der Waals surface area contributed by atoms with Gasteiger partial charge in [-0.15, -0.1) is 0 Å². The van der Waals surface area contributed by atoms with Crippen LogP contribution < -0.4 is 0 Å². The Hall–Kier alpha value is -0.340. The van der Waals surface area contributed by atoms with E-state index < -0.39 is 0 Å². The molecule has 1 nitrogen and oxygen atoms in total. The molecule has 0 aliphatic heterocycles. The Bertz CT molecular complexity index is 343. The molecule has 2 rings (SSSR count). The van der Waals surface area contributed by atoms with Crippen molar-refractivity contribution >= 4 is 15.9 Å². The SMILES string of the molecule is CC(C)N(Cc1ccccc1)CC1(CBr)CC1. The molecule has 0 radical (unpaired) electrons. The van der Waals surface area contributed by atoms with Gasteiger partial charge in [0, 0.05) is 24.5 Å². The third-order valence-electron chi connectivity index (χ3n) is 3.74. The van der Waals surface area contributed by atoms with Crippen LogP contribution in [0.2, 0.25) is 0 Å². The molecule has 0 spiro atoms. The molecular formula is C15H22BrN. The van der Waals surface area contributed by atoms with Crippen LogP contribution in [0.1, 0.15) is 32.3 Å². The normalized spacial score (nSPS) is 17.7. The number of nitrogens with zero attached hydrogens (tertiary/aromatic N) is 1. The second kappa shape index (κ2) is 5.53. The topological polar surface area (TPSA) is 3.24 Å². The van der Waals surface area contributed by atoms with Crippen LogP contribution in [-0.2, 0) is 6.54 Å². The first-order chi connectivity index (χ1) is 8.15. The number of rotatable bonds is 6. The summed E-state index contributed by atoms with van der Waals surface area (Å²) in [6.45, 7) is 6.90. The van der Waals surface area contributed by atoms with E-state index in [1.807, 2.05) is 0 Å². The van der Waals surface area contributed by atoms with E-state index in [9.17, 15) is 0 Å². The van der Waals surface area contributed by atoms with E-state index in [1.165, 1.54) is 24.9 Å². The molecule has 1 aliphatic rings. The van der Waals surface area contributed by atoms with Crippen molar-refractivity contribution in [2.24, 2.45) is 5.41 Å². The second-order valence-electron chi connectivity index (χ2n) is 5.62. The van der Waals surface area contributed by atoms with Gasteiger partial charge in [-0.25, -0.2) is 0 Å². The third kappa shape index (κ3) is 3.56. The van der Waals surface area contributed by atoms with E-state index in [4.69, 9.17) is 0 Å². The Morgan fingerprint density at radius 2 is 1.88 bits per heavy atom. The van der Waals surface area contributed by atoms with Crippen LogP contribution in [0.25, 0.3) is 0 Å². The lowest BCUT2D eigenvalue weighted by atomic mass is 10.1. The van der Waals surface area contributed by atoms with Gasteiger partial charge >= 0.3 is 0 Å². The molecule has 0 bridgehead atoms. The molecule has 1 aromatic rings. The number of halogens is 1. The third-order valence-corrected chi connectivity index (χ3v) is 4.93. The molecule has 0 amide bonds. The maximum atomic E-state index is 3.67. The van der Waals surface area contributed by atoms with E-state index >= 15 is 0 Å². The summed E-state index contributed by atoms with van der Waals surface area (Å²) in [5, 5.41) is 1.15. The Kier molecular flexibility index (Phi) is 4.26. The van der Waals surface area contributed by atoms with E-state index in [0.29, 0.717) is 11.5 Å². The predicted octanol–water partition coefficient (Wildman–Crippen LogP) is 4.07. The number of alkyl halides is 1. The largest absolute Gasteiger partial charge is 0.296 e. The molecule has 0 saturated heterocycles. The van der Waals surface area contributed by atoms with Gasteiger partial charge in [-0.3, -0.25) is 4.90 Å². The van der Waals surface area contributed by atoms with Crippen molar-refractivity contribution in [3.05, 3.63) is 35.9 Å². The minimum atomic E-state index is 0.569. The summed E-state index contributed by atoms with van der Waals surface area (Å²) in [7, 11) is 0. The standard InChI is InChI=1S/C15H22BrN/c1-13(2)17(12-15(11-16)8-9-15)10-14-6-4-3-5-7-14/h3-7,13H,8-12H2,1-2H3. The van der Waals surface area contributed by atoms with Crippen molar-refractivity contribution < 1.29 is 0 Å². The van der Waals surface area contributed by atoms with Gasteiger partial charge in [-0.2, -0.15) is 0 Å². The van der Waals surface area contributed by atoms with E-state index in [0.717, 1.165) is 11.9 Å². The van der Waals surface area contributed by atoms with Crippen LogP contribution in [0.5, 0.6) is 0 Å². The van der Waals surface area contributed by atoms with Crippen molar-refractivity contribution in [1.82, 2.24) is 4.90 Å². The van der Waals surface area contributed by atoms with E-state index in [2.05, 4.69) is 65.0 Å². The fraction of sp³-hybridized carbons (Fsp3) is 0.600. The molecule has 0 atom stereocenters. The lowest BCUT2D eigenvalue weighted by Crippen LogP contribution is -2.36. The van der Waals surface area contributed by atoms with Gasteiger partial charge in [0.25, 0.3) is 0 Å². The molecule has 0 aromatic heterocycles. The number of benzene rings is 1. The maximum Gasteiger partial charge on any atom is 0.0236 e. The molecule has 17 heavy (non-hydrogen) atoms. The average molecular weight is 296 g/mol. The fourth-order valence-corrected chi connectivity index (χ4v) is 2.92. The minimum Gasteiger partial charge on any atom is -0.296 e. The first kappa shape index (κ1) is 13.1. The molecule has 1 fully saturated rings. The monoisotopic (exact) mass is 295 g/mol. The van der Waals surface area contributed by atoms with Crippen molar-refractivity contribution in [2.75, 3.05) is 11.9 Å². The molecule has 94 valence electrons. The van der Waals surface area contributed by atoms with Crippen LogP contribution in [0.15, 0.2) is 30.3 Å². The van der Waals surface area contributed by atoms with Crippen LogP contribution in [0, 0.1) is 5.41 Å². The second-order valence-corrected chi connectivity index (χ2v) is 6.18.